The van der Waals surface area contributed by atoms with Crippen LogP contribution < -0.4 is 10.1 Å². The Morgan fingerprint density at radius 2 is 1.83 bits per heavy atom. The van der Waals surface area contributed by atoms with E-state index in [2.05, 4.69) is 79.4 Å². The van der Waals surface area contributed by atoms with Crippen LogP contribution in [0.3, 0.4) is 0 Å². The van der Waals surface area contributed by atoms with Crippen LogP contribution in [-0.4, -0.2) is 138 Å². The van der Waals surface area contributed by atoms with Gasteiger partial charge in [0, 0.05) is 81.0 Å². The Balaban J connectivity index is 0.896. The van der Waals surface area contributed by atoms with Crippen molar-refractivity contribution in [3.8, 4) is 23.8 Å². The predicted molar refractivity (Wildman–Crippen MR) is 354 cm³/mol. The standard InChI is InChI=1S/C78H91N3O14/c1-4-9-47-19-22-55(35-52(47)34-53(43-91-3)62(42-83)81-31-28-46(40-79)41-81)93-74-78-39-60(63(84)13-8-33-92-65(14-7-32-82)71(94-74)70(86)72(78)87)75(37-56(95-78)23-26-61-45(2)57-24-20-49-10-5-11-51-36-64(85)69(80-61)68(57)67(49)51)30-27-66-76(90,44-75)38-59-58(25-21-54-12-6-29-77(54,59)66)48-15-17-50(18-16-48)73(88)89/h4-5,10-11,15-20,22,24,27-28,30-31,35,37,41,45,53-54,58-66,69-72,74,80,82-87,90H,1,6-7,9,12-14,21,23,25-26,29,32,34,36,38-39,42-44H2,2-3H3,(H,88,89)/t45-,53+,54+,58+,59+,60-,61+,62-,63-,64-,65+,66-,69+,70-,71-,72+,74+,75+,76-,77-,78-/m1/s1. The molecule has 17 nitrogen and oxygen atoms in total. The molecule has 21 atom stereocenters. The molecule has 3 saturated carbocycles. The lowest BCUT2D eigenvalue weighted by molar-refractivity contribution is -0.337. The van der Waals surface area contributed by atoms with E-state index >= 15 is 0 Å². The molecule has 1 saturated heterocycles. The lowest BCUT2D eigenvalue weighted by Gasteiger charge is -2.54. The number of rotatable bonds is 19. The molecule has 3 bridgehead atoms. The average Bonchev–Trinajstić information content (AvgIpc) is 1.32. The van der Waals surface area contributed by atoms with Gasteiger partial charge >= 0.3 is 5.97 Å². The monoisotopic (exact) mass is 1290 g/mol. The number of ether oxygens (including phenoxy) is 5. The van der Waals surface area contributed by atoms with Crippen molar-refractivity contribution in [2.24, 2.45) is 40.4 Å². The molecule has 5 aliphatic heterocycles. The number of fused-ring (bicyclic) bond motifs is 7. The quantitative estimate of drug-likeness (QED) is 0.0275. The van der Waals surface area contributed by atoms with Gasteiger partial charge in [0.25, 0.3) is 0 Å². The molecule has 0 unspecified atom stereocenters. The second-order valence-electron chi connectivity index (χ2n) is 29.4. The normalized spacial score (nSPS) is 36.3. The molecule has 10 aliphatic rings. The fourth-order valence-corrected chi connectivity index (χ4v) is 20.2. The SMILES string of the molecule is C=CCc1ccc(O[C@H]2O[C@H]3[C@@H](O)[C@H](O)[C@]24C[C@H]([C@H](O)CC#CO[C@H]3CCCO)[C@@]2(C=C[C@@H]3[C@@](O)(C[C@H]5[C@H](c6ccc(C(=O)O)cc6)CC[C@@H]6CCC[C@]635)C2)C=C(CC[C@@H]2N[C@@H]3c5c(ccc6cccc(c56)C[C@H]3O)[C@H]2C)O4)cc1C[C@@H](COC)[C@@H](CO)n1ccc(C#N)c1. The van der Waals surface area contributed by atoms with Crippen molar-refractivity contribution in [1.82, 2.24) is 9.88 Å². The molecule has 3 spiro atoms. The van der Waals surface area contributed by atoms with E-state index in [1.54, 1.807) is 37.7 Å². The summed E-state index contributed by atoms with van der Waals surface area (Å²) in [6.45, 7) is 6.11. The zero-order valence-corrected chi connectivity index (χ0v) is 54.3. The molecule has 502 valence electrons. The zero-order chi connectivity index (χ0) is 66.1. The van der Waals surface area contributed by atoms with E-state index in [1.807, 2.05) is 47.0 Å². The first kappa shape index (κ1) is 65.4. The summed E-state index contributed by atoms with van der Waals surface area (Å²) in [5.74, 6) is 1.94. The predicted octanol–water partition coefficient (Wildman–Crippen LogP) is 9.54. The summed E-state index contributed by atoms with van der Waals surface area (Å²) in [6.07, 6.45) is 13.4. The smallest absolute Gasteiger partial charge is 0.335 e. The highest BCUT2D eigenvalue weighted by atomic mass is 16.7. The number of methoxy groups -OCH3 is 1. The summed E-state index contributed by atoms with van der Waals surface area (Å²) in [4.78, 5) is 12.1. The van der Waals surface area contributed by atoms with Gasteiger partial charge in [-0.05, 0) is 180 Å². The number of nitrogens with one attached hydrogen (secondary N) is 1. The molecule has 4 fully saturated rings. The molecule has 4 aromatic carbocycles. The van der Waals surface area contributed by atoms with Crippen LogP contribution in [0.5, 0.6) is 5.75 Å². The molecular formula is C78H91N3O14. The number of nitrogens with zero attached hydrogens (tertiary/aromatic N) is 2. The van der Waals surface area contributed by atoms with Gasteiger partial charge < -0.3 is 74.4 Å². The summed E-state index contributed by atoms with van der Waals surface area (Å²) >= 11 is 0. The maximum Gasteiger partial charge on any atom is 0.335 e. The highest BCUT2D eigenvalue weighted by Gasteiger charge is 2.71. The number of hydrogen-bond donors (Lipinski definition) is 9. The number of aromatic nitrogens is 1. The lowest BCUT2D eigenvalue weighted by atomic mass is 9.52. The number of carboxylic acids is 1. The van der Waals surface area contributed by atoms with Crippen molar-refractivity contribution in [3.63, 3.8) is 0 Å². The lowest BCUT2D eigenvalue weighted by Crippen LogP contribution is -2.71. The third-order valence-corrected chi connectivity index (χ3v) is 24.5. The van der Waals surface area contributed by atoms with Gasteiger partial charge in [-0.3, -0.25) is 0 Å². The Morgan fingerprint density at radius 3 is 2.60 bits per heavy atom. The number of carboxylic acid groups (broad SMARTS) is 1. The Kier molecular flexibility index (Phi) is 18.0. The first-order chi connectivity index (χ1) is 46.0. The third-order valence-electron chi connectivity index (χ3n) is 24.5. The number of aliphatic hydroxyl groups excluding tert-OH is 6. The fraction of sp³-hybridized carbons (Fsp3) is 0.538. The third kappa shape index (κ3) is 11.3. The fourth-order valence-electron chi connectivity index (χ4n) is 20.2. The summed E-state index contributed by atoms with van der Waals surface area (Å²) < 4.78 is 36.2. The summed E-state index contributed by atoms with van der Waals surface area (Å²) in [5.41, 5.74) is 2.21. The van der Waals surface area contributed by atoms with Gasteiger partial charge in [0.2, 0.25) is 6.29 Å². The largest absolute Gasteiger partial charge is 0.482 e. The second-order valence-corrected chi connectivity index (χ2v) is 29.4. The van der Waals surface area contributed by atoms with Gasteiger partial charge in [-0.25, -0.2) is 4.79 Å². The minimum Gasteiger partial charge on any atom is -0.482 e. The van der Waals surface area contributed by atoms with Crippen LogP contribution in [0.25, 0.3) is 10.8 Å². The van der Waals surface area contributed by atoms with Gasteiger partial charge in [-0.15, -0.1) is 6.58 Å². The van der Waals surface area contributed by atoms with Crippen molar-refractivity contribution in [3.05, 3.63) is 172 Å². The number of allylic oxidation sites excluding steroid dienone is 4. The van der Waals surface area contributed by atoms with Gasteiger partial charge in [-0.2, -0.15) is 5.26 Å². The number of benzene rings is 4. The minimum atomic E-state index is -2.00. The van der Waals surface area contributed by atoms with Crippen LogP contribution in [-0.2, 0) is 38.2 Å². The van der Waals surface area contributed by atoms with Crippen LogP contribution in [0.4, 0.5) is 0 Å². The Labute approximate surface area is 556 Å². The van der Waals surface area contributed by atoms with Crippen molar-refractivity contribution >= 4 is 16.7 Å². The highest BCUT2D eigenvalue weighted by Crippen LogP contribution is 2.74. The Bertz CT molecular complexity index is 3870. The van der Waals surface area contributed by atoms with Crippen LogP contribution in [0.15, 0.2) is 128 Å². The molecule has 0 amide bonds. The van der Waals surface area contributed by atoms with E-state index < -0.39 is 77.5 Å². The topological polar surface area (TPSA) is 266 Å². The molecular weight excluding hydrogens is 1200 g/mol. The summed E-state index contributed by atoms with van der Waals surface area (Å²) in [6, 6.07) is 26.5. The van der Waals surface area contributed by atoms with Gasteiger partial charge in [0.05, 0.1) is 60.0 Å². The van der Waals surface area contributed by atoms with Crippen LogP contribution >= 0.6 is 0 Å². The van der Waals surface area contributed by atoms with E-state index in [0.29, 0.717) is 55.1 Å². The second kappa shape index (κ2) is 26.2. The van der Waals surface area contributed by atoms with Gasteiger partial charge in [0.15, 0.2) is 5.60 Å². The summed E-state index contributed by atoms with van der Waals surface area (Å²) in [5, 5.41) is 113. The molecule has 15 rings (SSSR count). The number of carbonyl (C=O) groups is 1. The maximum atomic E-state index is 14.2. The maximum absolute atomic E-state index is 14.2. The van der Waals surface area contributed by atoms with Crippen LogP contribution in [0.2, 0.25) is 0 Å². The summed E-state index contributed by atoms with van der Waals surface area (Å²) in [7, 11) is 1.61. The molecule has 5 aromatic rings. The van der Waals surface area contributed by atoms with E-state index in [0.717, 1.165) is 70.9 Å². The van der Waals surface area contributed by atoms with Crippen LogP contribution in [0.1, 0.15) is 164 Å². The molecule has 6 heterocycles. The molecule has 0 radical (unpaired) electrons. The van der Waals surface area contributed by atoms with Crippen LogP contribution in [0, 0.1) is 63.8 Å². The van der Waals surface area contributed by atoms with E-state index in [1.165, 1.54) is 5.39 Å². The van der Waals surface area contributed by atoms with E-state index in [9.17, 15) is 50.9 Å². The number of aromatic carboxylic acids is 1. The van der Waals surface area contributed by atoms with Crippen molar-refractivity contribution in [1.29, 1.82) is 5.26 Å². The minimum absolute atomic E-state index is 0.0244. The molecule has 9 N–H and O–H groups in total. The van der Waals surface area contributed by atoms with Crippen molar-refractivity contribution in [2.45, 2.75) is 194 Å². The van der Waals surface area contributed by atoms with E-state index in [4.69, 9.17) is 23.7 Å². The van der Waals surface area contributed by atoms with Crippen molar-refractivity contribution < 1.29 is 69.3 Å². The first-order valence-corrected chi connectivity index (χ1v) is 34.6. The van der Waals surface area contributed by atoms with Crippen molar-refractivity contribution in [2.75, 3.05) is 26.9 Å². The number of hydrogen-bond acceptors (Lipinski definition) is 15. The Hall–Kier alpha value is -6.84. The number of aliphatic hydroxyl groups is 7. The van der Waals surface area contributed by atoms with Gasteiger partial charge in [-0.1, -0.05) is 86.0 Å². The van der Waals surface area contributed by atoms with Gasteiger partial charge in [0.1, 0.15) is 42.3 Å². The Morgan fingerprint density at radius 1 is 0.989 bits per heavy atom. The highest BCUT2D eigenvalue weighted by molar-refractivity contribution is 5.92. The average molecular weight is 1290 g/mol. The van der Waals surface area contributed by atoms with E-state index in [-0.39, 0.29) is 111 Å². The zero-order valence-electron chi connectivity index (χ0n) is 54.3. The molecule has 1 aromatic heterocycles. The molecule has 5 aliphatic carbocycles. The number of nitriles is 1. The molecule has 95 heavy (non-hydrogen) atoms. The first-order valence-electron chi connectivity index (χ1n) is 34.6. The molecule has 17 heteroatoms.